The Morgan fingerprint density at radius 2 is 1.82 bits per heavy atom. The predicted molar refractivity (Wildman–Crippen MR) is 60.2 cm³/mol. The van der Waals surface area contributed by atoms with Gasteiger partial charge in [0.05, 0.1) is 17.5 Å². The van der Waals surface area contributed by atoms with Gasteiger partial charge in [0, 0.05) is 13.2 Å². The first kappa shape index (κ1) is 13.9. The standard InChI is InChI=1S/C10H13F2NO3S/c1-7(16-2)6-17(14,15)13-10-4-8(11)3-9(12)5-10/h3-5,7,13H,6H2,1-2H3. The van der Waals surface area contributed by atoms with Crippen molar-refractivity contribution in [3.05, 3.63) is 29.8 Å². The molecule has 7 heteroatoms. The van der Waals surface area contributed by atoms with Crippen molar-refractivity contribution in [3.63, 3.8) is 0 Å². The Morgan fingerprint density at radius 3 is 2.29 bits per heavy atom. The lowest BCUT2D eigenvalue weighted by molar-refractivity contribution is 0.136. The second-order valence-electron chi connectivity index (χ2n) is 3.59. The number of anilines is 1. The highest BCUT2D eigenvalue weighted by Gasteiger charge is 2.16. The summed E-state index contributed by atoms with van der Waals surface area (Å²) in [6.07, 6.45) is -0.508. The van der Waals surface area contributed by atoms with Gasteiger partial charge < -0.3 is 4.74 Å². The molecule has 0 spiro atoms. The second-order valence-corrected chi connectivity index (χ2v) is 5.35. The van der Waals surface area contributed by atoms with E-state index < -0.39 is 27.8 Å². The van der Waals surface area contributed by atoms with Crippen LogP contribution in [0.4, 0.5) is 14.5 Å². The molecule has 0 saturated carbocycles. The highest BCUT2D eigenvalue weighted by molar-refractivity contribution is 7.92. The summed E-state index contributed by atoms with van der Waals surface area (Å²) in [5.74, 6) is -1.98. The lowest BCUT2D eigenvalue weighted by Crippen LogP contribution is -2.25. The van der Waals surface area contributed by atoms with Crippen LogP contribution in [-0.2, 0) is 14.8 Å². The van der Waals surface area contributed by atoms with E-state index in [1.807, 2.05) is 0 Å². The Kier molecular flexibility index (Phi) is 4.41. The third-order valence-corrected chi connectivity index (χ3v) is 3.45. The summed E-state index contributed by atoms with van der Waals surface area (Å²) in [5.41, 5.74) is -0.147. The normalized spacial score (nSPS) is 13.4. The van der Waals surface area contributed by atoms with E-state index >= 15 is 0 Å². The maximum absolute atomic E-state index is 12.8. The van der Waals surface area contributed by atoms with E-state index in [2.05, 4.69) is 4.72 Å². The van der Waals surface area contributed by atoms with Crippen LogP contribution in [0, 0.1) is 11.6 Å². The molecule has 1 unspecified atom stereocenters. The van der Waals surface area contributed by atoms with E-state index in [-0.39, 0.29) is 11.4 Å². The van der Waals surface area contributed by atoms with Gasteiger partial charge in [0.25, 0.3) is 0 Å². The van der Waals surface area contributed by atoms with Crippen LogP contribution in [-0.4, -0.2) is 27.4 Å². The highest BCUT2D eigenvalue weighted by Crippen LogP contribution is 2.14. The second kappa shape index (κ2) is 5.42. The molecule has 0 heterocycles. The summed E-state index contributed by atoms with van der Waals surface area (Å²) in [4.78, 5) is 0. The summed E-state index contributed by atoms with van der Waals surface area (Å²) in [5, 5.41) is 0. The van der Waals surface area contributed by atoms with Crippen molar-refractivity contribution >= 4 is 15.7 Å². The molecule has 0 aromatic heterocycles. The largest absolute Gasteiger partial charge is 0.381 e. The van der Waals surface area contributed by atoms with E-state index in [1.54, 1.807) is 6.92 Å². The zero-order chi connectivity index (χ0) is 13.1. The zero-order valence-corrected chi connectivity index (χ0v) is 10.2. The smallest absolute Gasteiger partial charge is 0.235 e. The molecule has 96 valence electrons. The van der Waals surface area contributed by atoms with Crippen molar-refractivity contribution in [2.45, 2.75) is 13.0 Å². The van der Waals surface area contributed by atoms with Gasteiger partial charge in [0.1, 0.15) is 11.6 Å². The fourth-order valence-corrected chi connectivity index (χ4v) is 2.53. The minimum Gasteiger partial charge on any atom is -0.381 e. The molecule has 1 aromatic rings. The van der Waals surface area contributed by atoms with Crippen molar-refractivity contribution < 1.29 is 21.9 Å². The van der Waals surface area contributed by atoms with Crippen LogP contribution >= 0.6 is 0 Å². The van der Waals surface area contributed by atoms with Crippen LogP contribution < -0.4 is 4.72 Å². The maximum atomic E-state index is 12.8. The molecule has 4 nitrogen and oxygen atoms in total. The summed E-state index contributed by atoms with van der Waals surface area (Å²) in [6, 6.07) is 2.46. The number of ether oxygens (including phenoxy) is 1. The van der Waals surface area contributed by atoms with Crippen molar-refractivity contribution in [2.24, 2.45) is 0 Å². The van der Waals surface area contributed by atoms with Crippen LogP contribution in [0.1, 0.15) is 6.92 Å². The number of sulfonamides is 1. The van der Waals surface area contributed by atoms with Crippen molar-refractivity contribution in [1.29, 1.82) is 0 Å². The first-order valence-electron chi connectivity index (χ1n) is 4.82. The number of halogens is 2. The first-order chi connectivity index (χ1) is 7.82. The molecular weight excluding hydrogens is 252 g/mol. The Hall–Kier alpha value is -1.21. The number of hydrogen-bond donors (Lipinski definition) is 1. The molecule has 0 amide bonds. The molecule has 0 bridgehead atoms. The molecule has 0 saturated heterocycles. The molecule has 1 aromatic carbocycles. The number of nitrogens with one attached hydrogen (secondary N) is 1. The molecule has 0 aliphatic rings. The molecule has 1 atom stereocenters. The van der Waals surface area contributed by atoms with Gasteiger partial charge in [0.2, 0.25) is 10.0 Å². The van der Waals surface area contributed by atoms with Crippen LogP contribution in [0.3, 0.4) is 0 Å². The van der Waals surface area contributed by atoms with Gasteiger partial charge in [-0.25, -0.2) is 17.2 Å². The molecular formula is C10H13F2NO3S. The van der Waals surface area contributed by atoms with Crippen LogP contribution in [0.5, 0.6) is 0 Å². The molecule has 0 fully saturated rings. The van der Waals surface area contributed by atoms with E-state index in [9.17, 15) is 17.2 Å². The van der Waals surface area contributed by atoms with Crippen LogP contribution in [0.15, 0.2) is 18.2 Å². The van der Waals surface area contributed by atoms with Crippen molar-refractivity contribution in [2.75, 3.05) is 17.6 Å². The van der Waals surface area contributed by atoms with E-state index in [0.717, 1.165) is 12.1 Å². The number of benzene rings is 1. The average molecular weight is 265 g/mol. The summed E-state index contributed by atoms with van der Waals surface area (Å²) >= 11 is 0. The third-order valence-electron chi connectivity index (χ3n) is 1.99. The van der Waals surface area contributed by atoms with Crippen LogP contribution in [0.2, 0.25) is 0 Å². The number of rotatable bonds is 5. The highest BCUT2D eigenvalue weighted by atomic mass is 32.2. The third kappa shape index (κ3) is 4.66. The minimum absolute atomic E-state index is 0.147. The molecule has 17 heavy (non-hydrogen) atoms. The van der Waals surface area contributed by atoms with Crippen LogP contribution in [0.25, 0.3) is 0 Å². The van der Waals surface area contributed by atoms with E-state index in [1.165, 1.54) is 7.11 Å². The quantitative estimate of drug-likeness (QED) is 0.882. The first-order valence-corrected chi connectivity index (χ1v) is 6.47. The molecule has 1 rings (SSSR count). The Morgan fingerprint density at radius 1 is 1.29 bits per heavy atom. The topological polar surface area (TPSA) is 55.4 Å². The fraction of sp³-hybridized carbons (Fsp3) is 0.400. The summed E-state index contributed by atoms with van der Waals surface area (Å²) < 4.78 is 55.7. The van der Waals surface area contributed by atoms with Gasteiger partial charge >= 0.3 is 0 Å². The van der Waals surface area contributed by atoms with Gasteiger partial charge in [-0.15, -0.1) is 0 Å². The minimum atomic E-state index is -3.69. The Labute approximate surface area is 98.6 Å². The van der Waals surface area contributed by atoms with E-state index in [4.69, 9.17) is 4.74 Å². The molecule has 0 aliphatic heterocycles. The SMILES string of the molecule is COC(C)CS(=O)(=O)Nc1cc(F)cc(F)c1. The van der Waals surface area contributed by atoms with Gasteiger partial charge in [-0.2, -0.15) is 0 Å². The van der Waals surface area contributed by atoms with Gasteiger partial charge in [0.15, 0.2) is 0 Å². The average Bonchev–Trinajstić information content (AvgIpc) is 2.13. The number of hydrogen-bond acceptors (Lipinski definition) is 3. The van der Waals surface area contributed by atoms with Gasteiger partial charge in [-0.3, -0.25) is 4.72 Å². The monoisotopic (exact) mass is 265 g/mol. The fourth-order valence-electron chi connectivity index (χ4n) is 1.21. The van der Waals surface area contributed by atoms with Crippen molar-refractivity contribution in [1.82, 2.24) is 0 Å². The predicted octanol–water partition coefficient (Wildman–Crippen LogP) is 1.74. The van der Waals surface area contributed by atoms with E-state index in [0.29, 0.717) is 6.07 Å². The number of methoxy groups -OCH3 is 1. The van der Waals surface area contributed by atoms with Gasteiger partial charge in [-0.05, 0) is 19.1 Å². The lowest BCUT2D eigenvalue weighted by atomic mass is 10.3. The zero-order valence-electron chi connectivity index (χ0n) is 9.41. The Bertz CT molecular complexity index is 470. The maximum Gasteiger partial charge on any atom is 0.235 e. The van der Waals surface area contributed by atoms with Crippen molar-refractivity contribution in [3.8, 4) is 0 Å². The van der Waals surface area contributed by atoms with Gasteiger partial charge in [-0.1, -0.05) is 0 Å². The molecule has 1 N–H and O–H groups in total. The molecule has 0 radical (unpaired) electrons. The Balaban J connectivity index is 2.83. The molecule has 0 aliphatic carbocycles. The lowest BCUT2D eigenvalue weighted by Gasteiger charge is -2.12. The summed E-state index contributed by atoms with van der Waals surface area (Å²) in [7, 11) is -2.31. The summed E-state index contributed by atoms with van der Waals surface area (Å²) in [6.45, 7) is 1.57.